The molecule has 1 aromatic heterocycles. The summed E-state index contributed by atoms with van der Waals surface area (Å²) in [5, 5.41) is 4.78. The molecule has 1 aliphatic rings. The van der Waals surface area contributed by atoms with Crippen LogP contribution in [-0.2, 0) is 22.4 Å². The number of imide groups is 1. The Kier molecular flexibility index (Phi) is 9.15. The van der Waals surface area contributed by atoms with Crippen molar-refractivity contribution >= 4 is 40.2 Å². The molecule has 1 saturated heterocycles. The maximum Gasteiger partial charge on any atom is 0.286 e. The van der Waals surface area contributed by atoms with Gasteiger partial charge in [-0.25, -0.2) is 0 Å². The van der Waals surface area contributed by atoms with Gasteiger partial charge in [-0.15, -0.1) is 11.3 Å². The average molecular weight is 459 g/mol. The third kappa shape index (κ3) is 7.51. The van der Waals surface area contributed by atoms with Crippen LogP contribution in [0.25, 0.3) is 10.4 Å². The fourth-order valence-corrected chi connectivity index (χ4v) is 5.56. The van der Waals surface area contributed by atoms with Crippen molar-refractivity contribution in [3.63, 3.8) is 0 Å². The van der Waals surface area contributed by atoms with Gasteiger partial charge in [0.25, 0.3) is 5.24 Å². The van der Waals surface area contributed by atoms with Crippen LogP contribution in [0.15, 0.2) is 36.4 Å². The van der Waals surface area contributed by atoms with Crippen LogP contribution in [0.2, 0.25) is 0 Å². The topological polar surface area (TPSA) is 75.3 Å². The van der Waals surface area contributed by atoms with Gasteiger partial charge >= 0.3 is 0 Å². The second kappa shape index (κ2) is 12.1. The lowest BCUT2D eigenvalue weighted by Crippen LogP contribution is -2.25. The molecule has 1 aromatic carbocycles. The molecule has 7 heteroatoms. The van der Waals surface area contributed by atoms with Crippen LogP contribution in [0.4, 0.5) is 4.79 Å². The van der Waals surface area contributed by atoms with Gasteiger partial charge in [-0.3, -0.25) is 19.7 Å². The molecule has 2 aromatic rings. The Morgan fingerprint density at radius 3 is 2.71 bits per heavy atom. The van der Waals surface area contributed by atoms with Crippen molar-refractivity contribution in [2.45, 2.75) is 63.5 Å². The van der Waals surface area contributed by atoms with Gasteiger partial charge in [0.1, 0.15) is 0 Å². The molecule has 166 valence electrons. The standard InChI is InChI=1S/C24H30N2O3S2/c1-2-3-4-5-6-10-22(27)25-14-13-17-8-7-9-18(15-17)20-12-11-19(30-20)16-21-23(28)26-24(29)31-21/h7-9,11-12,15,21H,2-6,10,13-14,16H2,1H3,(H,25,27)(H,26,28,29). The lowest BCUT2D eigenvalue weighted by atomic mass is 10.1. The Balaban J connectivity index is 1.46. The van der Waals surface area contributed by atoms with E-state index in [4.69, 9.17) is 0 Å². The molecule has 5 nitrogen and oxygen atoms in total. The molecule has 1 unspecified atom stereocenters. The molecule has 0 radical (unpaired) electrons. The van der Waals surface area contributed by atoms with Gasteiger partial charge < -0.3 is 5.32 Å². The minimum Gasteiger partial charge on any atom is -0.356 e. The monoisotopic (exact) mass is 458 g/mol. The Morgan fingerprint density at radius 2 is 1.94 bits per heavy atom. The smallest absolute Gasteiger partial charge is 0.286 e. The second-order valence-corrected chi connectivity index (χ2v) is 10.2. The summed E-state index contributed by atoms with van der Waals surface area (Å²) in [6.45, 7) is 2.84. The molecule has 3 amide bonds. The highest BCUT2D eigenvalue weighted by molar-refractivity contribution is 8.15. The molecule has 31 heavy (non-hydrogen) atoms. The summed E-state index contributed by atoms with van der Waals surface area (Å²) in [6, 6.07) is 12.5. The van der Waals surface area contributed by atoms with E-state index in [0.717, 1.165) is 46.3 Å². The third-order valence-electron chi connectivity index (χ3n) is 5.27. The molecule has 0 bridgehead atoms. The van der Waals surface area contributed by atoms with E-state index in [1.54, 1.807) is 11.3 Å². The first kappa shape index (κ1) is 23.5. The fraction of sp³-hybridized carbons (Fsp3) is 0.458. The number of carbonyl (C=O) groups is 3. The summed E-state index contributed by atoms with van der Waals surface area (Å²) >= 11 is 2.72. The van der Waals surface area contributed by atoms with Gasteiger partial charge in [0.05, 0.1) is 5.25 Å². The number of thioether (sulfide) groups is 1. The summed E-state index contributed by atoms with van der Waals surface area (Å²) in [5.74, 6) is -0.0576. The number of nitrogens with one attached hydrogen (secondary N) is 2. The Labute approximate surface area is 192 Å². The minimum atomic E-state index is -0.333. The number of rotatable bonds is 12. The van der Waals surface area contributed by atoms with Crippen molar-refractivity contribution in [2.24, 2.45) is 0 Å². The first-order valence-corrected chi connectivity index (χ1v) is 12.7. The summed E-state index contributed by atoms with van der Waals surface area (Å²) in [7, 11) is 0. The number of unbranched alkanes of at least 4 members (excludes halogenated alkanes) is 4. The third-order valence-corrected chi connectivity index (χ3v) is 7.41. The fourth-order valence-electron chi connectivity index (χ4n) is 3.56. The van der Waals surface area contributed by atoms with Gasteiger partial charge in [0.2, 0.25) is 11.8 Å². The number of benzene rings is 1. The number of carbonyl (C=O) groups excluding carboxylic acids is 3. The molecule has 0 saturated carbocycles. The highest BCUT2D eigenvalue weighted by atomic mass is 32.2. The molecule has 2 N–H and O–H groups in total. The van der Waals surface area contributed by atoms with Crippen molar-refractivity contribution in [1.29, 1.82) is 0 Å². The average Bonchev–Trinajstić information content (AvgIpc) is 3.34. The second-order valence-electron chi connectivity index (χ2n) is 7.82. The molecular weight excluding hydrogens is 428 g/mol. The van der Waals surface area contributed by atoms with Crippen LogP contribution in [0.5, 0.6) is 0 Å². The first-order valence-electron chi connectivity index (χ1n) is 11.0. The number of amides is 3. The van der Waals surface area contributed by atoms with Gasteiger partial charge in [-0.1, -0.05) is 68.6 Å². The first-order chi connectivity index (χ1) is 15.0. The van der Waals surface area contributed by atoms with E-state index in [1.807, 2.05) is 12.1 Å². The van der Waals surface area contributed by atoms with E-state index >= 15 is 0 Å². The summed E-state index contributed by atoms with van der Waals surface area (Å²) in [6.07, 6.45) is 7.76. The predicted molar refractivity (Wildman–Crippen MR) is 128 cm³/mol. The molecule has 3 rings (SSSR count). The highest BCUT2D eigenvalue weighted by Gasteiger charge is 2.31. The van der Waals surface area contributed by atoms with Crippen molar-refractivity contribution in [3.05, 3.63) is 46.8 Å². The van der Waals surface area contributed by atoms with E-state index in [1.165, 1.54) is 24.8 Å². The predicted octanol–water partition coefficient (Wildman–Crippen LogP) is 5.33. The van der Waals surface area contributed by atoms with Gasteiger partial charge in [0, 0.05) is 29.1 Å². The zero-order chi connectivity index (χ0) is 22.1. The van der Waals surface area contributed by atoms with Gasteiger partial charge in [-0.05, 0) is 36.1 Å². The summed E-state index contributed by atoms with van der Waals surface area (Å²) in [4.78, 5) is 37.3. The van der Waals surface area contributed by atoms with Gasteiger partial charge in [-0.2, -0.15) is 0 Å². The largest absolute Gasteiger partial charge is 0.356 e. The Bertz CT molecular complexity index is 910. The molecular formula is C24H30N2O3S2. The van der Waals surface area contributed by atoms with Crippen molar-refractivity contribution in [3.8, 4) is 10.4 Å². The van der Waals surface area contributed by atoms with Crippen LogP contribution in [0.1, 0.15) is 55.9 Å². The molecule has 1 fully saturated rings. The lowest BCUT2D eigenvalue weighted by Gasteiger charge is -2.07. The van der Waals surface area contributed by atoms with E-state index in [9.17, 15) is 14.4 Å². The van der Waals surface area contributed by atoms with Crippen LogP contribution in [0, 0.1) is 0 Å². The maximum absolute atomic E-state index is 12.0. The van der Waals surface area contributed by atoms with Crippen LogP contribution < -0.4 is 10.6 Å². The lowest BCUT2D eigenvalue weighted by molar-refractivity contribution is -0.121. The Morgan fingerprint density at radius 1 is 1.10 bits per heavy atom. The molecule has 1 atom stereocenters. The number of hydrogen-bond donors (Lipinski definition) is 2. The van der Waals surface area contributed by atoms with Crippen LogP contribution in [-0.4, -0.2) is 28.8 Å². The zero-order valence-electron chi connectivity index (χ0n) is 17.9. The molecule has 0 spiro atoms. The molecule has 1 aliphatic heterocycles. The van der Waals surface area contributed by atoms with E-state index in [2.05, 4.69) is 41.8 Å². The van der Waals surface area contributed by atoms with Gasteiger partial charge in [0.15, 0.2) is 0 Å². The summed E-state index contributed by atoms with van der Waals surface area (Å²) in [5.41, 5.74) is 2.32. The van der Waals surface area contributed by atoms with E-state index < -0.39 is 0 Å². The van der Waals surface area contributed by atoms with Crippen molar-refractivity contribution < 1.29 is 14.4 Å². The number of hydrogen-bond acceptors (Lipinski definition) is 5. The molecule has 2 heterocycles. The SMILES string of the molecule is CCCCCCCC(=O)NCCc1cccc(-c2ccc(CC3SC(=O)NC3=O)s2)c1. The van der Waals surface area contributed by atoms with Crippen molar-refractivity contribution in [1.82, 2.24) is 10.6 Å². The maximum atomic E-state index is 12.0. The normalized spacial score (nSPS) is 15.8. The molecule has 0 aliphatic carbocycles. The van der Waals surface area contributed by atoms with Crippen LogP contribution >= 0.6 is 23.1 Å². The number of thiophene rings is 1. The zero-order valence-corrected chi connectivity index (χ0v) is 19.6. The quantitative estimate of drug-likeness (QED) is 0.422. The van der Waals surface area contributed by atoms with Crippen LogP contribution in [0.3, 0.4) is 0 Å². The minimum absolute atomic E-state index is 0.142. The van der Waals surface area contributed by atoms with Crippen molar-refractivity contribution in [2.75, 3.05) is 6.54 Å². The Hall–Kier alpha value is -2.12. The highest BCUT2D eigenvalue weighted by Crippen LogP contribution is 2.32. The van der Waals surface area contributed by atoms with E-state index in [0.29, 0.717) is 19.4 Å². The summed E-state index contributed by atoms with van der Waals surface area (Å²) < 4.78 is 0. The van der Waals surface area contributed by atoms with E-state index in [-0.39, 0.29) is 22.3 Å².